The number of piperidine rings is 1. The standard InChI is InChI=1S/C17H17NO6S/c19-11-13-7-8-16(24-13)12-4-3-5-14(10-12)25(22,23)18-9-2-1-6-15(18)17(20)21/h3-5,7-8,10-11,15H,1-2,6,9H2,(H,20,21). The molecule has 3 rings (SSSR count). The van der Waals surface area contributed by atoms with Gasteiger partial charge < -0.3 is 9.52 Å². The molecular weight excluding hydrogens is 346 g/mol. The molecule has 0 radical (unpaired) electrons. The van der Waals surface area contributed by atoms with Gasteiger partial charge in [0.05, 0.1) is 4.90 Å². The van der Waals surface area contributed by atoms with E-state index in [0.717, 1.165) is 4.31 Å². The maximum atomic E-state index is 12.9. The average Bonchev–Trinajstić information content (AvgIpc) is 3.11. The monoisotopic (exact) mass is 363 g/mol. The molecule has 1 N–H and O–H groups in total. The number of benzene rings is 1. The van der Waals surface area contributed by atoms with Gasteiger partial charge in [-0.2, -0.15) is 4.31 Å². The molecule has 1 atom stereocenters. The average molecular weight is 363 g/mol. The van der Waals surface area contributed by atoms with E-state index in [1.54, 1.807) is 18.2 Å². The molecule has 1 saturated heterocycles. The van der Waals surface area contributed by atoms with Crippen molar-refractivity contribution >= 4 is 22.3 Å². The molecule has 0 saturated carbocycles. The fourth-order valence-corrected chi connectivity index (χ4v) is 4.65. The first-order chi connectivity index (χ1) is 11.9. The number of rotatable bonds is 5. The van der Waals surface area contributed by atoms with Crippen molar-refractivity contribution in [2.75, 3.05) is 6.54 Å². The topological polar surface area (TPSA) is 105 Å². The lowest BCUT2D eigenvalue weighted by atomic mass is 10.1. The first-order valence-electron chi connectivity index (χ1n) is 7.83. The second-order valence-corrected chi connectivity index (χ2v) is 7.70. The summed E-state index contributed by atoms with van der Waals surface area (Å²) in [4.78, 5) is 22.1. The lowest BCUT2D eigenvalue weighted by Gasteiger charge is -2.31. The molecule has 1 aromatic heterocycles. The second-order valence-electron chi connectivity index (χ2n) is 5.81. The van der Waals surface area contributed by atoms with Crippen molar-refractivity contribution in [3.8, 4) is 11.3 Å². The van der Waals surface area contributed by atoms with Crippen LogP contribution in [0.15, 0.2) is 45.7 Å². The van der Waals surface area contributed by atoms with E-state index in [4.69, 9.17) is 4.42 Å². The summed E-state index contributed by atoms with van der Waals surface area (Å²) < 4.78 is 32.2. The maximum Gasteiger partial charge on any atom is 0.322 e. The number of aldehydes is 1. The van der Waals surface area contributed by atoms with Gasteiger partial charge in [0.15, 0.2) is 12.0 Å². The van der Waals surface area contributed by atoms with E-state index in [0.29, 0.717) is 36.9 Å². The largest absolute Gasteiger partial charge is 0.480 e. The van der Waals surface area contributed by atoms with Crippen LogP contribution >= 0.6 is 0 Å². The lowest BCUT2D eigenvalue weighted by molar-refractivity contribution is -0.142. The number of nitrogens with zero attached hydrogens (tertiary/aromatic N) is 1. The predicted octanol–water partition coefficient (Wildman–Crippen LogP) is 2.39. The molecule has 0 aliphatic carbocycles. The Balaban J connectivity index is 1.98. The number of hydrogen-bond donors (Lipinski definition) is 1. The first-order valence-corrected chi connectivity index (χ1v) is 9.27. The van der Waals surface area contributed by atoms with Crippen LogP contribution in [0, 0.1) is 0 Å². The number of carbonyl (C=O) groups is 2. The highest BCUT2D eigenvalue weighted by Crippen LogP contribution is 2.29. The van der Waals surface area contributed by atoms with Crippen LogP contribution in [0.3, 0.4) is 0 Å². The number of furan rings is 1. The fraction of sp³-hybridized carbons (Fsp3) is 0.294. The van der Waals surface area contributed by atoms with Gasteiger partial charge in [0.2, 0.25) is 10.0 Å². The van der Waals surface area contributed by atoms with Crippen LogP contribution in [0.4, 0.5) is 0 Å². The van der Waals surface area contributed by atoms with Crippen LogP contribution in [0.5, 0.6) is 0 Å². The first kappa shape index (κ1) is 17.4. The molecular formula is C17H17NO6S. The minimum absolute atomic E-state index is 0.00204. The maximum absolute atomic E-state index is 12.9. The van der Waals surface area contributed by atoms with Gasteiger partial charge in [0.1, 0.15) is 11.8 Å². The van der Waals surface area contributed by atoms with Gasteiger partial charge in [-0.1, -0.05) is 12.1 Å². The summed E-state index contributed by atoms with van der Waals surface area (Å²) in [6.45, 7) is 0.180. The zero-order valence-corrected chi connectivity index (χ0v) is 14.1. The lowest BCUT2D eigenvalue weighted by Crippen LogP contribution is -2.47. The number of carboxylic acid groups (broad SMARTS) is 1. The van der Waals surface area contributed by atoms with Crippen LogP contribution in [0.2, 0.25) is 0 Å². The summed E-state index contributed by atoms with van der Waals surface area (Å²) in [6, 6.07) is 8.10. The highest BCUT2D eigenvalue weighted by Gasteiger charge is 2.37. The van der Waals surface area contributed by atoms with Crippen LogP contribution in [0.25, 0.3) is 11.3 Å². The summed E-state index contributed by atoms with van der Waals surface area (Å²) in [5.41, 5.74) is 0.498. The van der Waals surface area contributed by atoms with Gasteiger partial charge in [-0.05, 0) is 43.5 Å². The van der Waals surface area contributed by atoms with Gasteiger partial charge in [-0.3, -0.25) is 9.59 Å². The Bertz CT molecular complexity index is 901. The molecule has 25 heavy (non-hydrogen) atoms. The highest BCUT2D eigenvalue weighted by molar-refractivity contribution is 7.89. The molecule has 1 unspecified atom stereocenters. The van der Waals surface area contributed by atoms with Crippen molar-refractivity contribution in [2.24, 2.45) is 0 Å². The molecule has 2 aromatic rings. The summed E-state index contributed by atoms with van der Waals surface area (Å²) in [5.74, 6) is -0.626. The second kappa shape index (κ2) is 6.81. The zero-order chi connectivity index (χ0) is 18.0. The quantitative estimate of drug-likeness (QED) is 0.818. The third-order valence-corrected chi connectivity index (χ3v) is 6.11. The van der Waals surface area contributed by atoms with E-state index in [1.807, 2.05) is 0 Å². The van der Waals surface area contributed by atoms with Crippen molar-refractivity contribution < 1.29 is 27.5 Å². The fourth-order valence-electron chi connectivity index (χ4n) is 2.96. The smallest absolute Gasteiger partial charge is 0.322 e. The summed E-state index contributed by atoms with van der Waals surface area (Å²) in [7, 11) is -3.94. The predicted molar refractivity (Wildman–Crippen MR) is 88.7 cm³/mol. The van der Waals surface area contributed by atoms with Gasteiger partial charge in [0, 0.05) is 12.1 Å². The minimum atomic E-state index is -3.94. The SMILES string of the molecule is O=Cc1ccc(-c2cccc(S(=O)(=O)N3CCCCC3C(=O)O)c2)o1. The van der Waals surface area contributed by atoms with Crippen molar-refractivity contribution in [3.63, 3.8) is 0 Å². The molecule has 132 valence electrons. The summed E-state index contributed by atoms with van der Waals surface area (Å²) >= 11 is 0. The number of carbonyl (C=O) groups excluding carboxylic acids is 1. The van der Waals surface area contributed by atoms with E-state index in [1.165, 1.54) is 18.2 Å². The van der Waals surface area contributed by atoms with E-state index < -0.39 is 22.0 Å². The van der Waals surface area contributed by atoms with Crippen molar-refractivity contribution in [2.45, 2.75) is 30.2 Å². The molecule has 2 heterocycles. The number of hydrogen-bond acceptors (Lipinski definition) is 5. The van der Waals surface area contributed by atoms with Crippen molar-refractivity contribution in [3.05, 3.63) is 42.2 Å². The molecule has 0 spiro atoms. The Kier molecular flexibility index (Phi) is 4.73. The van der Waals surface area contributed by atoms with Crippen molar-refractivity contribution in [1.82, 2.24) is 4.31 Å². The Labute approximate surface area is 144 Å². The molecule has 1 fully saturated rings. The van der Waals surface area contributed by atoms with Gasteiger partial charge >= 0.3 is 5.97 Å². The van der Waals surface area contributed by atoms with E-state index >= 15 is 0 Å². The van der Waals surface area contributed by atoms with Crippen LogP contribution in [-0.2, 0) is 14.8 Å². The van der Waals surface area contributed by atoms with Crippen LogP contribution in [-0.4, -0.2) is 42.7 Å². The number of aliphatic carboxylic acids is 1. The molecule has 7 nitrogen and oxygen atoms in total. The van der Waals surface area contributed by atoms with E-state index in [-0.39, 0.29) is 17.2 Å². The van der Waals surface area contributed by atoms with Crippen molar-refractivity contribution in [1.29, 1.82) is 0 Å². The Morgan fingerprint density at radius 1 is 1.24 bits per heavy atom. The third kappa shape index (κ3) is 3.35. The van der Waals surface area contributed by atoms with E-state index in [2.05, 4.69) is 0 Å². The summed E-state index contributed by atoms with van der Waals surface area (Å²) in [6.07, 6.45) is 2.18. The molecule has 8 heteroatoms. The highest BCUT2D eigenvalue weighted by atomic mass is 32.2. The Morgan fingerprint density at radius 2 is 2.04 bits per heavy atom. The molecule has 0 bridgehead atoms. The number of carboxylic acids is 1. The van der Waals surface area contributed by atoms with E-state index in [9.17, 15) is 23.1 Å². The Morgan fingerprint density at radius 3 is 2.72 bits per heavy atom. The van der Waals surface area contributed by atoms with Gasteiger partial charge in [-0.15, -0.1) is 0 Å². The zero-order valence-electron chi connectivity index (χ0n) is 13.3. The Hall–Kier alpha value is -2.45. The minimum Gasteiger partial charge on any atom is -0.480 e. The van der Waals surface area contributed by atoms with Crippen LogP contribution in [0.1, 0.15) is 29.8 Å². The number of sulfonamides is 1. The summed E-state index contributed by atoms with van der Waals surface area (Å²) in [5, 5.41) is 9.33. The van der Waals surface area contributed by atoms with Gasteiger partial charge in [-0.25, -0.2) is 8.42 Å². The van der Waals surface area contributed by atoms with Crippen LogP contribution < -0.4 is 0 Å². The molecule has 1 aromatic carbocycles. The third-order valence-electron chi connectivity index (χ3n) is 4.21. The molecule has 1 aliphatic heterocycles. The normalized spacial score (nSPS) is 18.8. The van der Waals surface area contributed by atoms with Gasteiger partial charge in [0.25, 0.3) is 0 Å². The molecule has 0 amide bonds. The molecule has 1 aliphatic rings.